The molecule has 0 bridgehead atoms. The van der Waals surface area contributed by atoms with Crippen molar-refractivity contribution < 1.29 is 19.5 Å². The number of H-pyrrole nitrogens is 2. The largest absolute Gasteiger partial charge is 0.506 e. The standard InChI is InChI=1S/C32H29ClN4O4/c1-14-7-34-25-19(38)3-18-23(22(14)25)16(6-33)9-36(18)27(40)29-11-30(13-31(29,30)12-29)28(41)37-10-17-5-32(17)21(37)4-20(39)26-24(32)15(2)8-35-26/h3-4,7-8,16-17,34-35,38H,5-6,9-13H2,1-2H3/t16-,17-,29?,30?,31?,32?/m1/s1. The second-order valence-corrected chi connectivity index (χ2v) is 14.3. The van der Waals surface area contributed by atoms with Crippen molar-refractivity contribution in [3.8, 4) is 5.75 Å². The summed E-state index contributed by atoms with van der Waals surface area (Å²) in [6.45, 7) is 5.18. The molecule has 3 N–H and O–H groups in total. The Kier molecular flexibility index (Phi) is 3.62. The molecule has 10 rings (SSSR count). The van der Waals surface area contributed by atoms with E-state index in [1.54, 1.807) is 12.1 Å². The molecular weight excluding hydrogens is 540 g/mol. The number of allylic oxidation sites excluding steroid dienone is 2. The van der Waals surface area contributed by atoms with Crippen LogP contribution in [-0.4, -0.2) is 56.5 Å². The number of aromatic hydroxyl groups is 1. The summed E-state index contributed by atoms with van der Waals surface area (Å²) < 4.78 is 0. The van der Waals surface area contributed by atoms with Gasteiger partial charge in [-0.25, -0.2) is 0 Å². The molecule has 6 atom stereocenters. The smallest absolute Gasteiger partial charge is 0.233 e. The van der Waals surface area contributed by atoms with E-state index in [0.29, 0.717) is 42.5 Å². The normalized spacial score (nSPS) is 37.9. The van der Waals surface area contributed by atoms with Gasteiger partial charge in [0.1, 0.15) is 5.75 Å². The number of fused-ring (bicyclic) bond motifs is 4. The Bertz CT molecular complexity index is 1900. The van der Waals surface area contributed by atoms with Gasteiger partial charge in [-0.05, 0) is 67.7 Å². The van der Waals surface area contributed by atoms with Crippen molar-refractivity contribution in [1.82, 2.24) is 14.9 Å². The predicted octanol–water partition coefficient (Wildman–Crippen LogP) is 4.54. The van der Waals surface area contributed by atoms with Gasteiger partial charge in [0.15, 0.2) is 0 Å². The Morgan fingerprint density at radius 2 is 1.78 bits per heavy atom. The third-order valence-electron chi connectivity index (χ3n) is 12.4. The number of halogens is 1. The van der Waals surface area contributed by atoms with Crippen LogP contribution in [0.25, 0.3) is 10.9 Å². The molecule has 41 heavy (non-hydrogen) atoms. The van der Waals surface area contributed by atoms with Gasteiger partial charge in [-0.3, -0.25) is 14.4 Å². The summed E-state index contributed by atoms with van der Waals surface area (Å²) in [5.74, 6) is 0.979. The van der Waals surface area contributed by atoms with Gasteiger partial charge in [-0.15, -0.1) is 11.6 Å². The minimum absolute atomic E-state index is 0.0185. The predicted molar refractivity (Wildman–Crippen MR) is 151 cm³/mol. The molecule has 3 aromatic rings. The third kappa shape index (κ3) is 2.17. The number of likely N-dealkylation sites (tertiary alicyclic amines) is 1. The number of anilines is 1. The lowest BCUT2D eigenvalue weighted by molar-refractivity contribution is -0.142. The molecule has 7 aliphatic rings. The van der Waals surface area contributed by atoms with Gasteiger partial charge in [0, 0.05) is 71.3 Å². The zero-order valence-electron chi connectivity index (χ0n) is 22.9. The number of piperidine rings is 1. The second-order valence-electron chi connectivity index (χ2n) is 14.0. The van der Waals surface area contributed by atoms with Crippen LogP contribution in [0.15, 0.2) is 30.2 Å². The Morgan fingerprint density at radius 3 is 2.51 bits per heavy atom. The van der Waals surface area contributed by atoms with Crippen LogP contribution < -0.4 is 4.90 Å². The van der Waals surface area contributed by atoms with Crippen LogP contribution >= 0.6 is 11.6 Å². The first-order valence-electron chi connectivity index (χ1n) is 14.6. The maximum absolute atomic E-state index is 14.3. The summed E-state index contributed by atoms with van der Waals surface area (Å²) in [6.07, 6.45) is 8.52. The second kappa shape index (κ2) is 6.43. The molecule has 8 nitrogen and oxygen atoms in total. The number of benzene rings is 1. The maximum atomic E-state index is 14.3. The van der Waals surface area contributed by atoms with Gasteiger partial charge >= 0.3 is 0 Å². The average molecular weight is 569 g/mol. The number of aromatic nitrogens is 2. The minimum atomic E-state index is -0.514. The number of nitrogens with zero attached hydrogens (tertiary/aromatic N) is 2. The zero-order chi connectivity index (χ0) is 28.0. The van der Waals surface area contributed by atoms with Gasteiger partial charge in [-0.1, -0.05) is 0 Å². The molecule has 4 unspecified atom stereocenters. The molecule has 1 saturated heterocycles. The van der Waals surface area contributed by atoms with Gasteiger partial charge in [-0.2, -0.15) is 0 Å². The first kappa shape index (κ1) is 23.1. The van der Waals surface area contributed by atoms with Crippen LogP contribution in [-0.2, 0) is 15.0 Å². The first-order valence-corrected chi connectivity index (χ1v) is 15.2. The molecule has 0 radical (unpaired) electrons. The number of nitrogens with one attached hydrogen (secondary N) is 2. The molecule has 5 fully saturated rings. The Morgan fingerprint density at radius 1 is 1.05 bits per heavy atom. The molecular formula is C32H29ClN4O4. The number of hydrogen-bond donors (Lipinski definition) is 3. The van der Waals surface area contributed by atoms with E-state index < -0.39 is 10.8 Å². The number of carbonyl (C=O) groups is 3. The van der Waals surface area contributed by atoms with E-state index >= 15 is 0 Å². The fourth-order valence-corrected chi connectivity index (χ4v) is 10.7. The van der Waals surface area contributed by atoms with Gasteiger partial charge in [0.25, 0.3) is 0 Å². The van der Waals surface area contributed by atoms with Crippen LogP contribution in [0.1, 0.15) is 64.3 Å². The molecule has 2 aromatic heterocycles. The number of carbonyl (C=O) groups excluding carboxylic acids is 3. The van der Waals surface area contributed by atoms with Crippen LogP contribution in [0.5, 0.6) is 5.75 Å². The van der Waals surface area contributed by atoms with E-state index in [-0.39, 0.29) is 40.1 Å². The topological polar surface area (TPSA) is 110 Å². The number of aryl methyl sites for hydroxylation is 2. The number of rotatable bonds is 3. The summed E-state index contributed by atoms with van der Waals surface area (Å²) in [7, 11) is 0. The maximum Gasteiger partial charge on any atom is 0.233 e. The average Bonchev–Trinajstić information content (AvgIpc) is 3.61. The molecule has 2 amide bonds. The Labute approximate surface area is 240 Å². The van der Waals surface area contributed by atoms with E-state index in [0.717, 1.165) is 58.3 Å². The van der Waals surface area contributed by atoms with Crippen molar-refractivity contribution in [3.05, 3.63) is 58.2 Å². The van der Waals surface area contributed by atoms with Crippen LogP contribution in [0.2, 0.25) is 0 Å². The van der Waals surface area contributed by atoms with E-state index in [4.69, 9.17) is 11.6 Å². The summed E-state index contributed by atoms with van der Waals surface area (Å²) in [5.41, 5.74) is 5.74. The fourth-order valence-electron chi connectivity index (χ4n) is 10.5. The highest BCUT2D eigenvalue weighted by Crippen LogP contribution is 3.01. The number of hydrogen-bond acceptors (Lipinski definition) is 4. The molecule has 2 aliphatic heterocycles. The molecule has 4 saturated carbocycles. The quantitative estimate of drug-likeness (QED) is 0.403. The molecule has 1 aromatic carbocycles. The minimum Gasteiger partial charge on any atom is -0.506 e. The van der Waals surface area contributed by atoms with Crippen LogP contribution in [0, 0.1) is 36.0 Å². The van der Waals surface area contributed by atoms with Gasteiger partial charge in [0.2, 0.25) is 17.6 Å². The van der Waals surface area contributed by atoms with Crippen molar-refractivity contribution in [1.29, 1.82) is 0 Å². The summed E-state index contributed by atoms with van der Waals surface area (Å²) in [4.78, 5) is 51.6. The number of phenolic OH excluding ortho intramolecular Hbond substituents is 1. The number of alkyl halides is 1. The molecule has 9 heteroatoms. The number of phenols is 1. The lowest BCUT2D eigenvalue weighted by atomic mass is 9.72. The Hall–Kier alpha value is -3.52. The Balaban J connectivity index is 0.966. The number of amides is 2. The highest BCUT2D eigenvalue weighted by Gasteiger charge is 3.01. The SMILES string of the molecule is Cc1c[nH]c2c1C13C[C@@H]1CN(C(=O)C14CC5(C(=O)N6C[C@@H](CCl)c7c6cc(O)c6[nH]cc(C)c76)CC15C4)C3=CC2=O. The molecule has 208 valence electrons. The summed E-state index contributed by atoms with van der Waals surface area (Å²) in [5, 5.41) is 11.8. The zero-order valence-corrected chi connectivity index (χ0v) is 23.6. The molecule has 5 aliphatic carbocycles. The van der Waals surface area contributed by atoms with E-state index in [2.05, 4.69) is 9.97 Å². The van der Waals surface area contributed by atoms with Crippen LogP contribution in [0.3, 0.4) is 0 Å². The van der Waals surface area contributed by atoms with E-state index in [1.165, 1.54) is 0 Å². The van der Waals surface area contributed by atoms with Crippen molar-refractivity contribution in [2.45, 2.75) is 50.9 Å². The first-order chi connectivity index (χ1) is 19.6. The summed E-state index contributed by atoms with van der Waals surface area (Å²) >= 11 is 6.43. The highest BCUT2D eigenvalue weighted by molar-refractivity contribution is 6.19. The highest BCUT2D eigenvalue weighted by atomic mass is 35.5. The number of ketones is 1. The van der Waals surface area contributed by atoms with Crippen molar-refractivity contribution >= 4 is 45.8 Å². The van der Waals surface area contributed by atoms with Crippen molar-refractivity contribution in [2.24, 2.45) is 22.2 Å². The lowest BCUT2D eigenvalue weighted by Crippen LogP contribution is -2.49. The van der Waals surface area contributed by atoms with Gasteiger partial charge in [0.05, 0.1) is 27.7 Å². The van der Waals surface area contributed by atoms with E-state index in [1.807, 2.05) is 36.0 Å². The fraction of sp³-hybridized carbons (Fsp3) is 0.469. The summed E-state index contributed by atoms with van der Waals surface area (Å²) in [6, 6.07) is 1.70. The van der Waals surface area contributed by atoms with Gasteiger partial charge < -0.3 is 24.9 Å². The van der Waals surface area contributed by atoms with Crippen LogP contribution in [0.4, 0.5) is 5.69 Å². The molecule has 4 heterocycles. The lowest BCUT2D eigenvalue weighted by Gasteiger charge is -2.38. The molecule has 2 spiro atoms. The monoisotopic (exact) mass is 568 g/mol. The van der Waals surface area contributed by atoms with Crippen molar-refractivity contribution in [3.63, 3.8) is 0 Å². The third-order valence-corrected chi connectivity index (χ3v) is 12.8. The van der Waals surface area contributed by atoms with Crippen molar-refractivity contribution in [2.75, 3.05) is 23.9 Å². The van der Waals surface area contributed by atoms with E-state index in [9.17, 15) is 19.5 Å². The number of aromatic amines is 2.